The molecule has 0 aliphatic carbocycles. The van der Waals surface area contributed by atoms with E-state index < -0.39 is 11.2 Å². The predicted molar refractivity (Wildman–Crippen MR) is 64.6 cm³/mol. The molecule has 0 saturated carbocycles. The summed E-state index contributed by atoms with van der Waals surface area (Å²) in [7, 11) is 0. The van der Waals surface area contributed by atoms with Crippen molar-refractivity contribution in [3.63, 3.8) is 0 Å². The molecule has 1 aromatic carbocycles. The van der Waals surface area contributed by atoms with E-state index in [0.29, 0.717) is 6.42 Å². The minimum absolute atomic E-state index is 0.307. The van der Waals surface area contributed by atoms with E-state index in [4.69, 9.17) is 0 Å². The highest BCUT2D eigenvalue weighted by atomic mass is 79.9. The van der Waals surface area contributed by atoms with Gasteiger partial charge in [0, 0.05) is 10.9 Å². The molecular formula is C12H17BrO2. The van der Waals surface area contributed by atoms with Crippen molar-refractivity contribution in [1.29, 1.82) is 0 Å². The molecule has 0 saturated heterocycles. The van der Waals surface area contributed by atoms with Crippen molar-refractivity contribution in [2.24, 2.45) is 0 Å². The SMILES string of the molecule is CC(C)(O)CC(C)(O)c1ccc(Br)cc1. The lowest BCUT2D eigenvalue weighted by molar-refractivity contribution is -0.0390. The molecule has 0 aromatic heterocycles. The Balaban J connectivity index is 2.90. The molecule has 0 fully saturated rings. The summed E-state index contributed by atoms with van der Waals surface area (Å²) < 4.78 is 0.977. The van der Waals surface area contributed by atoms with Gasteiger partial charge in [0.25, 0.3) is 0 Å². The van der Waals surface area contributed by atoms with Gasteiger partial charge in [-0.1, -0.05) is 28.1 Å². The minimum Gasteiger partial charge on any atom is -0.390 e. The Hall–Kier alpha value is -0.380. The Morgan fingerprint density at radius 2 is 1.53 bits per heavy atom. The fourth-order valence-corrected chi connectivity index (χ4v) is 2.02. The summed E-state index contributed by atoms with van der Waals surface area (Å²) in [6, 6.07) is 7.48. The average Bonchev–Trinajstić information content (AvgIpc) is 2.00. The first-order chi connectivity index (χ1) is 6.71. The zero-order chi connectivity index (χ0) is 11.7. The van der Waals surface area contributed by atoms with Crippen LogP contribution in [0.2, 0.25) is 0 Å². The molecule has 0 aliphatic rings. The standard InChI is InChI=1S/C12H17BrO2/c1-11(2,14)8-12(3,15)9-4-6-10(13)7-5-9/h4-7,14-15H,8H2,1-3H3. The van der Waals surface area contributed by atoms with Gasteiger partial charge >= 0.3 is 0 Å². The van der Waals surface area contributed by atoms with E-state index in [-0.39, 0.29) is 0 Å². The smallest absolute Gasteiger partial charge is 0.0895 e. The molecule has 0 heterocycles. The number of halogens is 1. The molecule has 0 aliphatic heterocycles. The van der Waals surface area contributed by atoms with Crippen molar-refractivity contribution in [3.05, 3.63) is 34.3 Å². The second kappa shape index (κ2) is 4.24. The maximum atomic E-state index is 10.2. The molecule has 0 spiro atoms. The number of aliphatic hydroxyl groups is 2. The third kappa shape index (κ3) is 3.93. The summed E-state index contributed by atoms with van der Waals surface area (Å²) in [5.41, 5.74) is -1.07. The van der Waals surface area contributed by atoms with E-state index >= 15 is 0 Å². The Kier molecular flexibility index (Phi) is 3.59. The molecule has 2 nitrogen and oxygen atoms in total. The van der Waals surface area contributed by atoms with Gasteiger partial charge in [-0.15, -0.1) is 0 Å². The molecule has 15 heavy (non-hydrogen) atoms. The summed E-state index contributed by atoms with van der Waals surface area (Å²) in [4.78, 5) is 0. The fourth-order valence-electron chi connectivity index (χ4n) is 1.75. The molecule has 1 unspecified atom stereocenters. The molecule has 3 heteroatoms. The molecule has 1 rings (SSSR count). The fraction of sp³-hybridized carbons (Fsp3) is 0.500. The van der Waals surface area contributed by atoms with Crippen LogP contribution < -0.4 is 0 Å². The molecule has 1 aromatic rings. The van der Waals surface area contributed by atoms with Gasteiger partial charge < -0.3 is 10.2 Å². The van der Waals surface area contributed by atoms with Crippen LogP contribution in [0.25, 0.3) is 0 Å². The Morgan fingerprint density at radius 1 is 1.07 bits per heavy atom. The molecular weight excluding hydrogens is 256 g/mol. The van der Waals surface area contributed by atoms with Crippen LogP contribution in [0.1, 0.15) is 32.8 Å². The predicted octanol–water partition coefficient (Wildman–Crippen LogP) is 2.82. The lowest BCUT2D eigenvalue weighted by Gasteiger charge is -2.30. The normalized spacial score (nSPS) is 16.1. The monoisotopic (exact) mass is 272 g/mol. The van der Waals surface area contributed by atoms with Crippen molar-refractivity contribution < 1.29 is 10.2 Å². The first-order valence-corrected chi connectivity index (χ1v) is 5.71. The maximum Gasteiger partial charge on any atom is 0.0895 e. The minimum atomic E-state index is -1.00. The van der Waals surface area contributed by atoms with Crippen LogP contribution in [0.3, 0.4) is 0 Å². The molecule has 0 bridgehead atoms. The van der Waals surface area contributed by atoms with Gasteiger partial charge in [-0.05, 0) is 38.5 Å². The zero-order valence-corrected chi connectivity index (χ0v) is 10.9. The van der Waals surface area contributed by atoms with E-state index in [1.54, 1.807) is 20.8 Å². The second-order valence-electron chi connectivity index (χ2n) is 4.77. The van der Waals surface area contributed by atoms with Crippen LogP contribution in [0.4, 0.5) is 0 Å². The summed E-state index contributed by atoms with van der Waals surface area (Å²) >= 11 is 3.34. The van der Waals surface area contributed by atoms with Gasteiger partial charge in [-0.2, -0.15) is 0 Å². The van der Waals surface area contributed by atoms with Crippen LogP contribution in [0.5, 0.6) is 0 Å². The molecule has 2 N–H and O–H groups in total. The summed E-state index contributed by atoms with van der Waals surface area (Å²) in [5.74, 6) is 0. The van der Waals surface area contributed by atoms with E-state index in [1.165, 1.54) is 0 Å². The Labute approximate surface area is 99.1 Å². The summed E-state index contributed by atoms with van der Waals surface area (Å²) in [5, 5.41) is 19.9. The van der Waals surface area contributed by atoms with Crippen molar-refractivity contribution in [2.75, 3.05) is 0 Å². The third-order valence-electron chi connectivity index (χ3n) is 2.24. The quantitative estimate of drug-likeness (QED) is 0.889. The lowest BCUT2D eigenvalue weighted by atomic mass is 9.85. The lowest BCUT2D eigenvalue weighted by Crippen LogP contribution is -2.33. The van der Waals surface area contributed by atoms with Crippen LogP contribution >= 0.6 is 15.9 Å². The zero-order valence-electron chi connectivity index (χ0n) is 9.29. The van der Waals surface area contributed by atoms with E-state index in [9.17, 15) is 10.2 Å². The van der Waals surface area contributed by atoms with Gasteiger partial charge in [-0.3, -0.25) is 0 Å². The van der Waals surface area contributed by atoms with Gasteiger partial charge in [0.05, 0.1) is 11.2 Å². The molecule has 0 amide bonds. The van der Waals surface area contributed by atoms with E-state index in [0.717, 1.165) is 10.0 Å². The van der Waals surface area contributed by atoms with Crippen molar-refractivity contribution in [1.82, 2.24) is 0 Å². The van der Waals surface area contributed by atoms with Crippen LogP contribution in [0, 0.1) is 0 Å². The average molecular weight is 273 g/mol. The first-order valence-electron chi connectivity index (χ1n) is 4.91. The van der Waals surface area contributed by atoms with Gasteiger partial charge in [0.2, 0.25) is 0 Å². The van der Waals surface area contributed by atoms with Crippen molar-refractivity contribution in [2.45, 2.75) is 38.4 Å². The summed E-state index contributed by atoms with van der Waals surface area (Å²) in [6.45, 7) is 5.11. The summed E-state index contributed by atoms with van der Waals surface area (Å²) in [6.07, 6.45) is 0.307. The Bertz CT molecular complexity index is 322. The van der Waals surface area contributed by atoms with Crippen LogP contribution in [-0.2, 0) is 5.60 Å². The highest BCUT2D eigenvalue weighted by Crippen LogP contribution is 2.30. The van der Waals surface area contributed by atoms with Crippen molar-refractivity contribution in [3.8, 4) is 0 Å². The molecule has 84 valence electrons. The van der Waals surface area contributed by atoms with Gasteiger partial charge in [0.15, 0.2) is 0 Å². The van der Waals surface area contributed by atoms with Crippen LogP contribution in [0.15, 0.2) is 28.7 Å². The highest BCUT2D eigenvalue weighted by molar-refractivity contribution is 9.10. The Morgan fingerprint density at radius 3 is 1.93 bits per heavy atom. The van der Waals surface area contributed by atoms with Gasteiger partial charge in [-0.25, -0.2) is 0 Å². The number of benzene rings is 1. The maximum absolute atomic E-state index is 10.2. The van der Waals surface area contributed by atoms with Crippen molar-refractivity contribution >= 4 is 15.9 Å². The highest BCUT2D eigenvalue weighted by Gasteiger charge is 2.30. The van der Waals surface area contributed by atoms with Crippen LogP contribution in [-0.4, -0.2) is 15.8 Å². The van der Waals surface area contributed by atoms with E-state index in [2.05, 4.69) is 15.9 Å². The number of hydrogen-bond acceptors (Lipinski definition) is 2. The number of hydrogen-bond donors (Lipinski definition) is 2. The van der Waals surface area contributed by atoms with Gasteiger partial charge in [0.1, 0.15) is 0 Å². The largest absolute Gasteiger partial charge is 0.390 e. The molecule has 1 atom stereocenters. The first kappa shape index (κ1) is 12.7. The number of rotatable bonds is 3. The topological polar surface area (TPSA) is 40.5 Å². The van der Waals surface area contributed by atoms with E-state index in [1.807, 2.05) is 24.3 Å². The second-order valence-corrected chi connectivity index (χ2v) is 5.69. The third-order valence-corrected chi connectivity index (χ3v) is 2.77. The molecule has 0 radical (unpaired) electrons.